The Morgan fingerprint density at radius 2 is 1.82 bits per heavy atom. The molecule has 5 aromatic heterocycles. The first kappa shape index (κ1) is 25.8. The monoisotopic (exact) mass is 556 g/mol. The summed E-state index contributed by atoms with van der Waals surface area (Å²) in [5.74, 6) is 1.51. The Kier molecular flexibility index (Phi) is 6.41. The lowest BCUT2D eigenvalue weighted by Gasteiger charge is -2.48. The predicted octanol–water partition coefficient (Wildman–Crippen LogP) is 3.52. The minimum atomic E-state index is -3.07. The molecule has 0 bridgehead atoms. The Bertz CT molecular complexity index is 1820. The van der Waals surface area contributed by atoms with Crippen molar-refractivity contribution < 1.29 is 13.2 Å². The van der Waals surface area contributed by atoms with E-state index in [1.807, 2.05) is 25.1 Å². The molecule has 0 amide bonds. The average Bonchev–Trinajstić information content (AvgIpc) is 3.39. The van der Waals surface area contributed by atoms with E-state index in [0.717, 1.165) is 33.4 Å². The summed E-state index contributed by atoms with van der Waals surface area (Å²) in [7, 11) is -1.45. The molecule has 0 radical (unpaired) electrons. The third-order valence-electron chi connectivity index (χ3n) is 7.36. The minimum Gasteiger partial charge on any atom is -0.496 e. The maximum atomic E-state index is 11.9. The van der Waals surface area contributed by atoms with E-state index in [0.29, 0.717) is 29.5 Å². The molecular weight excluding hydrogens is 528 g/mol. The number of rotatable bonds is 7. The second-order valence-electron chi connectivity index (χ2n) is 10.1. The topological polar surface area (TPSA) is 129 Å². The lowest BCUT2D eigenvalue weighted by Crippen LogP contribution is -2.57. The van der Waals surface area contributed by atoms with E-state index in [2.05, 4.69) is 26.8 Å². The standard InChI is InChI=1S/C28H28N8O3S/c1-17-22-13-32-36(26(22)9-25(33-17)23-12-29-6-5-27(23)39-3)28-8-21(7-24(34-28)19-10-30-16-31-11-19)35-14-20(18(35)2)15-40(4,37)38/h5-13,16,18,20H,14-15H2,1-4H3/t18-,20-/m1/s1. The highest BCUT2D eigenvalue weighted by atomic mass is 32.2. The van der Waals surface area contributed by atoms with Crippen molar-refractivity contribution >= 4 is 26.4 Å². The lowest BCUT2D eigenvalue weighted by molar-refractivity contribution is 0.341. The van der Waals surface area contributed by atoms with Gasteiger partial charge >= 0.3 is 0 Å². The van der Waals surface area contributed by atoms with Gasteiger partial charge in [-0.25, -0.2) is 28.1 Å². The summed E-state index contributed by atoms with van der Waals surface area (Å²) in [6.07, 6.45) is 11.4. The molecule has 0 aliphatic carbocycles. The van der Waals surface area contributed by atoms with Gasteiger partial charge in [-0.15, -0.1) is 0 Å². The summed E-state index contributed by atoms with van der Waals surface area (Å²) < 4.78 is 31.2. The number of aromatic nitrogens is 7. The zero-order valence-electron chi connectivity index (χ0n) is 22.6. The van der Waals surface area contributed by atoms with Crippen LogP contribution in [0.4, 0.5) is 5.69 Å². The molecule has 6 rings (SSSR count). The highest BCUT2D eigenvalue weighted by Gasteiger charge is 2.38. The molecule has 2 atom stereocenters. The number of aryl methyl sites for hydroxylation is 1. The van der Waals surface area contributed by atoms with E-state index in [9.17, 15) is 8.42 Å². The van der Waals surface area contributed by atoms with Gasteiger partial charge in [0.15, 0.2) is 5.82 Å². The van der Waals surface area contributed by atoms with Crippen LogP contribution in [0.5, 0.6) is 5.75 Å². The van der Waals surface area contributed by atoms with Gasteiger partial charge in [-0.1, -0.05) is 0 Å². The molecule has 11 nitrogen and oxygen atoms in total. The second-order valence-corrected chi connectivity index (χ2v) is 12.3. The molecule has 1 aliphatic rings. The van der Waals surface area contributed by atoms with Crippen LogP contribution in [0.15, 0.2) is 61.6 Å². The van der Waals surface area contributed by atoms with E-state index >= 15 is 0 Å². The van der Waals surface area contributed by atoms with Crippen LogP contribution in [0.2, 0.25) is 0 Å². The quantitative estimate of drug-likeness (QED) is 0.294. The first-order chi connectivity index (χ1) is 19.2. The lowest BCUT2D eigenvalue weighted by atomic mass is 9.91. The van der Waals surface area contributed by atoms with E-state index in [1.165, 1.54) is 12.6 Å². The third-order valence-corrected chi connectivity index (χ3v) is 8.39. The fourth-order valence-corrected chi connectivity index (χ4v) is 6.38. The zero-order chi connectivity index (χ0) is 28.0. The summed E-state index contributed by atoms with van der Waals surface area (Å²) in [4.78, 5) is 24.6. The largest absolute Gasteiger partial charge is 0.496 e. The molecule has 0 saturated carbocycles. The number of sulfone groups is 1. The van der Waals surface area contributed by atoms with E-state index in [1.54, 1.807) is 48.8 Å². The van der Waals surface area contributed by atoms with Gasteiger partial charge in [-0.3, -0.25) is 9.97 Å². The Morgan fingerprint density at radius 3 is 2.55 bits per heavy atom. The summed E-state index contributed by atoms with van der Waals surface area (Å²) in [5.41, 5.74) is 5.52. The number of pyridine rings is 3. The molecule has 12 heteroatoms. The molecular formula is C28H28N8O3S. The molecule has 1 saturated heterocycles. The molecule has 40 heavy (non-hydrogen) atoms. The predicted molar refractivity (Wildman–Crippen MR) is 152 cm³/mol. The minimum absolute atomic E-state index is 0.0512. The average molecular weight is 557 g/mol. The fraction of sp³-hybridized carbons (Fsp3) is 0.286. The van der Waals surface area contributed by atoms with Gasteiger partial charge in [-0.2, -0.15) is 5.10 Å². The first-order valence-corrected chi connectivity index (χ1v) is 14.8. The van der Waals surface area contributed by atoms with Crippen molar-refractivity contribution in [3.63, 3.8) is 0 Å². The number of anilines is 1. The van der Waals surface area contributed by atoms with Crippen LogP contribution < -0.4 is 9.64 Å². The third kappa shape index (κ3) is 4.75. The Labute approximate surface area is 231 Å². The number of fused-ring (bicyclic) bond motifs is 1. The molecule has 0 unspecified atom stereocenters. The van der Waals surface area contributed by atoms with Crippen molar-refractivity contribution in [3.05, 3.63) is 67.3 Å². The van der Waals surface area contributed by atoms with Gasteiger partial charge < -0.3 is 9.64 Å². The van der Waals surface area contributed by atoms with Crippen molar-refractivity contribution in [1.82, 2.24) is 34.7 Å². The van der Waals surface area contributed by atoms with Crippen LogP contribution in [0, 0.1) is 12.8 Å². The van der Waals surface area contributed by atoms with Crippen LogP contribution in [0.3, 0.4) is 0 Å². The van der Waals surface area contributed by atoms with Crippen molar-refractivity contribution in [2.45, 2.75) is 19.9 Å². The van der Waals surface area contributed by atoms with Crippen LogP contribution in [0.25, 0.3) is 39.2 Å². The molecule has 0 N–H and O–H groups in total. The van der Waals surface area contributed by atoms with Crippen molar-refractivity contribution in [2.24, 2.45) is 5.92 Å². The van der Waals surface area contributed by atoms with E-state index in [-0.39, 0.29) is 17.7 Å². The number of ether oxygens (including phenoxy) is 1. The van der Waals surface area contributed by atoms with Crippen molar-refractivity contribution in [2.75, 3.05) is 30.6 Å². The molecule has 6 heterocycles. The van der Waals surface area contributed by atoms with Gasteiger partial charge in [0.05, 0.1) is 41.5 Å². The maximum absolute atomic E-state index is 11.9. The zero-order valence-corrected chi connectivity index (χ0v) is 23.4. The molecule has 1 aliphatic heterocycles. The smallest absolute Gasteiger partial charge is 0.156 e. The highest BCUT2D eigenvalue weighted by molar-refractivity contribution is 7.90. The molecule has 1 fully saturated rings. The highest BCUT2D eigenvalue weighted by Crippen LogP contribution is 2.36. The van der Waals surface area contributed by atoms with Crippen LogP contribution in [-0.4, -0.2) is 74.8 Å². The number of methoxy groups -OCH3 is 1. The summed E-state index contributed by atoms with van der Waals surface area (Å²) >= 11 is 0. The Balaban J connectivity index is 1.48. The van der Waals surface area contributed by atoms with Gasteiger partial charge in [0.2, 0.25) is 0 Å². The fourth-order valence-electron chi connectivity index (χ4n) is 5.22. The Hall–Kier alpha value is -4.45. The SMILES string of the molecule is COc1ccncc1-c1cc2c(cnn2-c2cc(N3C[C@H](CS(C)(=O)=O)[C@H]3C)cc(-c3cncnc3)n2)c(C)n1. The summed E-state index contributed by atoms with van der Waals surface area (Å²) in [6, 6.07) is 7.78. The van der Waals surface area contributed by atoms with Gasteiger partial charge in [-0.05, 0) is 32.0 Å². The van der Waals surface area contributed by atoms with Crippen LogP contribution in [0.1, 0.15) is 12.6 Å². The number of hydrogen-bond acceptors (Lipinski definition) is 10. The van der Waals surface area contributed by atoms with Crippen molar-refractivity contribution in [3.8, 4) is 34.1 Å². The maximum Gasteiger partial charge on any atom is 0.156 e. The van der Waals surface area contributed by atoms with E-state index < -0.39 is 9.84 Å². The van der Waals surface area contributed by atoms with E-state index in [4.69, 9.17) is 19.8 Å². The summed E-state index contributed by atoms with van der Waals surface area (Å²) in [5, 5.41) is 5.60. The van der Waals surface area contributed by atoms with Crippen LogP contribution >= 0.6 is 0 Å². The molecule has 0 spiro atoms. The van der Waals surface area contributed by atoms with Gasteiger partial charge in [0.25, 0.3) is 0 Å². The van der Waals surface area contributed by atoms with Gasteiger partial charge in [0.1, 0.15) is 21.9 Å². The second kappa shape index (κ2) is 9.94. The molecule has 5 aromatic rings. The first-order valence-electron chi connectivity index (χ1n) is 12.8. The molecule has 0 aromatic carbocycles. The number of hydrogen-bond donors (Lipinski definition) is 0. The number of nitrogens with zero attached hydrogens (tertiary/aromatic N) is 8. The van der Waals surface area contributed by atoms with Crippen molar-refractivity contribution in [1.29, 1.82) is 0 Å². The van der Waals surface area contributed by atoms with Crippen LogP contribution in [-0.2, 0) is 9.84 Å². The normalized spacial score (nSPS) is 17.1. The molecule has 204 valence electrons. The summed E-state index contributed by atoms with van der Waals surface area (Å²) in [6.45, 7) is 4.63. The van der Waals surface area contributed by atoms with Gasteiger partial charge in [0, 0.05) is 77.9 Å². The Morgan fingerprint density at radius 1 is 1.02 bits per heavy atom.